The zero-order valence-electron chi connectivity index (χ0n) is 9.71. The number of aromatic nitrogens is 1. The van der Waals surface area contributed by atoms with Gasteiger partial charge in [-0.25, -0.2) is 0 Å². The van der Waals surface area contributed by atoms with E-state index in [1.807, 2.05) is 0 Å². The number of rotatable bonds is 2. The summed E-state index contributed by atoms with van der Waals surface area (Å²) in [5, 5.41) is 12.6. The van der Waals surface area contributed by atoms with Crippen molar-refractivity contribution < 1.29 is 19.2 Å². The number of carboxylic acids is 1. The maximum Gasteiger partial charge on any atom is 0.308 e. The lowest BCUT2D eigenvalue weighted by molar-refractivity contribution is -0.142. The van der Waals surface area contributed by atoms with E-state index in [1.54, 1.807) is 19.9 Å². The van der Waals surface area contributed by atoms with Crippen molar-refractivity contribution >= 4 is 11.9 Å². The van der Waals surface area contributed by atoms with Crippen LogP contribution >= 0.6 is 0 Å². The number of likely N-dealkylation sites (tertiary alicyclic amines) is 1. The Morgan fingerprint density at radius 3 is 2.76 bits per heavy atom. The molecule has 1 fully saturated rings. The van der Waals surface area contributed by atoms with Crippen LogP contribution in [0.2, 0.25) is 0 Å². The summed E-state index contributed by atoms with van der Waals surface area (Å²) in [6, 6.07) is 1.25. The second kappa shape index (κ2) is 4.20. The van der Waals surface area contributed by atoms with Crippen LogP contribution in [0.4, 0.5) is 0 Å². The first-order valence-electron chi connectivity index (χ1n) is 5.48. The fourth-order valence-electron chi connectivity index (χ4n) is 2.17. The molecule has 2 heterocycles. The van der Waals surface area contributed by atoms with E-state index in [0.717, 1.165) is 0 Å². The van der Waals surface area contributed by atoms with Crippen molar-refractivity contribution in [3.63, 3.8) is 0 Å². The number of nitrogens with zero attached hydrogens (tertiary/aromatic N) is 2. The minimum absolute atomic E-state index is 0.236. The third kappa shape index (κ3) is 2.02. The van der Waals surface area contributed by atoms with E-state index >= 15 is 0 Å². The van der Waals surface area contributed by atoms with Gasteiger partial charge in [-0.3, -0.25) is 9.59 Å². The minimum atomic E-state index is -0.857. The highest BCUT2D eigenvalue weighted by molar-refractivity contribution is 5.93. The fourth-order valence-corrected chi connectivity index (χ4v) is 2.17. The number of carboxylic acid groups (broad SMARTS) is 1. The van der Waals surface area contributed by atoms with E-state index < -0.39 is 11.9 Å². The van der Waals surface area contributed by atoms with Gasteiger partial charge in [-0.2, -0.15) is 0 Å². The van der Waals surface area contributed by atoms with Gasteiger partial charge in [0.2, 0.25) is 0 Å². The lowest BCUT2D eigenvalue weighted by Crippen LogP contribution is -2.37. The zero-order chi connectivity index (χ0) is 12.6. The third-order valence-electron chi connectivity index (χ3n) is 3.18. The molecule has 0 bridgehead atoms. The molecule has 0 aliphatic carbocycles. The molecule has 1 aromatic heterocycles. The normalized spacial score (nSPS) is 24.0. The number of carbonyl (C=O) groups excluding carboxylic acids is 1. The Hall–Kier alpha value is -1.85. The van der Waals surface area contributed by atoms with Crippen LogP contribution in [0.3, 0.4) is 0 Å². The molecule has 0 spiro atoms. The number of hydrogen-bond acceptors (Lipinski definition) is 4. The molecular weight excluding hydrogens is 224 g/mol. The van der Waals surface area contributed by atoms with Crippen molar-refractivity contribution in [1.29, 1.82) is 0 Å². The average Bonchev–Trinajstić information content (AvgIpc) is 2.83. The first kappa shape index (κ1) is 11.6. The van der Waals surface area contributed by atoms with Gasteiger partial charge in [0.25, 0.3) is 5.91 Å². The van der Waals surface area contributed by atoms with Gasteiger partial charge < -0.3 is 14.5 Å². The van der Waals surface area contributed by atoms with Crippen LogP contribution in [-0.2, 0) is 4.79 Å². The number of amides is 1. The van der Waals surface area contributed by atoms with Gasteiger partial charge in [-0.1, -0.05) is 5.16 Å². The van der Waals surface area contributed by atoms with Gasteiger partial charge in [0, 0.05) is 18.7 Å². The minimum Gasteiger partial charge on any atom is -0.481 e. The molecule has 0 saturated carbocycles. The largest absolute Gasteiger partial charge is 0.481 e. The molecule has 2 atom stereocenters. The summed E-state index contributed by atoms with van der Waals surface area (Å²) in [6.45, 7) is 3.90. The third-order valence-corrected chi connectivity index (χ3v) is 3.18. The van der Waals surface area contributed by atoms with Gasteiger partial charge in [-0.15, -0.1) is 0 Å². The van der Waals surface area contributed by atoms with Gasteiger partial charge >= 0.3 is 5.97 Å². The standard InChI is InChI=1S/C11H14N2O4/c1-6-5-9(12-17-6)10(14)13-4-3-8(7(13)2)11(15)16/h5,7-8H,3-4H2,1-2H3,(H,15,16). The monoisotopic (exact) mass is 238 g/mol. The quantitative estimate of drug-likeness (QED) is 0.828. The molecule has 1 aliphatic rings. The highest BCUT2D eigenvalue weighted by Crippen LogP contribution is 2.25. The summed E-state index contributed by atoms with van der Waals surface area (Å²) < 4.78 is 4.84. The van der Waals surface area contributed by atoms with Crippen molar-refractivity contribution in [2.24, 2.45) is 5.92 Å². The molecule has 1 amide bonds. The molecule has 1 aliphatic heterocycles. The molecule has 0 radical (unpaired) electrons. The molecule has 1 aromatic rings. The van der Waals surface area contributed by atoms with Crippen molar-refractivity contribution in [2.45, 2.75) is 26.3 Å². The highest BCUT2D eigenvalue weighted by Gasteiger charge is 2.39. The zero-order valence-corrected chi connectivity index (χ0v) is 9.71. The van der Waals surface area contributed by atoms with Crippen molar-refractivity contribution in [2.75, 3.05) is 6.54 Å². The van der Waals surface area contributed by atoms with Crippen molar-refractivity contribution in [1.82, 2.24) is 10.1 Å². The SMILES string of the molecule is Cc1cc(C(=O)N2CCC(C(=O)O)C2C)no1. The first-order valence-corrected chi connectivity index (χ1v) is 5.48. The van der Waals surface area contributed by atoms with Crippen LogP contribution in [-0.4, -0.2) is 39.6 Å². The Morgan fingerprint density at radius 2 is 2.29 bits per heavy atom. The summed E-state index contributed by atoms with van der Waals surface area (Å²) in [7, 11) is 0. The van der Waals surface area contributed by atoms with E-state index in [2.05, 4.69) is 5.16 Å². The second-order valence-electron chi connectivity index (χ2n) is 4.30. The molecule has 92 valence electrons. The Balaban J connectivity index is 2.14. The average molecular weight is 238 g/mol. The van der Waals surface area contributed by atoms with Gasteiger partial charge in [0.05, 0.1) is 5.92 Å². The lowest BCUT2D eigenvalue weighted by atomic mass is 10.0. The summed E-state index contributed by atoms with van der Waals surface area (Å²) in [5.41, 5.74) is 0.236. The van der Waals surface area contributed by atoms with Crippen LogP contribution < -0.4 is 0 Å². The summed E-state index contributed by atoms with van der Waals surface area (Å²) in [4.78, 5) is 24.5. The van der Waals surface area contributed by atoms with Crippen LogP contribution in [0.15, 0.2) is 10.6 Å². The van der Waals surface area contributed by atoms with Crippen LogP contribution in [0.5, 0.6) is 0 Å². The Kier molecular flexibility index (Phi) is 2.87. The van der Waals surface area contributed by atoms with E-state index in [9.17, 15) is 9.59 Å². The van der Waals surface area contributed by atoms with Crippen LogP contribution in [0.25, 0.3) is 0 Å². The first-order chi connectivity index (χ1) is 8.00. The Bertz CT molecular complexity index is 454. The van der Waals surface area contributed by atoms with Gasteiger partial charge in [0.1, 0.15) is 5.76 Å². The maximum absolute atomic E-state index is 12.0. The molecule has 17 heavy (non-hydrogen) atoms. The number of carbonyl (C=O) groups is 2. The van der Waals surface area contributed by atoms with Crippen molar-refractivity contribution in [3.05, 3.63) is 17.5 Å². The molecule has 6 heteroatoms. The van der Waals surface area contributed by atoms with Gasteiger partial charge in [-0.05, 0) is 20.3 Å². The highest BCUT2D eigenvalue weighted by atomic mass is 16.5. The fraction of sp³-hybridized carbons (Fsp3) is 0.545. The van der Waals surface area contributed by atoms with E-state index in [0.29, 0.717) is 18.7 Å². The Morgan fingerprint density at radius 1 is 1.59 bits per heavy atom. The van der Waals surface area contributed by atoms with Crippen molar-refractivity contribution in [3.8, 4) is 0 Å². The van der Waals surface area contributed by atoms with E-state index in [-0.39, 0.29) is 17.6 Å². The number of aliphatic carboxylic acids is 1. The van der Waals surface area contributed by atoms with E-state index in [4.69, 9.17) is 9.63 Å². The van der Waals surface area contributed by atoms with Crippen LogP contribution in [0, 0.1) is 12.8 Å². The molecule has 0 aromatic carbocycles. The second-order valence-corrected chi connectivity index (χ2v) is 4.30. The van der Waals surface area contributed by atoms with Gasteiger partial charge in [0.15, 0.2) is 5.69 Å². The number of aryl methyl sites for hydroxylation is 1. The molecule has 2 rings (SSSR count). The predicted octanol–water partition coefficient (Wildman–Crippen LogP) is 0.918. The molecule has 1 N–H and O–H groups in total. The summed E-state index contributed by atoms with van der Waals surface area (Å²) in [6.07, 6.45) is 0.485. The topological polar surface area (TPSA) is 83.6 Å². The Labute approximate surface area is 98.2 Å². The summed E-state index contributed by atoms with van der Waals surface area (Å²) in [5.74, 6) is -1.05. The molecular formula is C11H14N2O4. The molecule has 6 nitrogen and oxygen atoms in total. The number of hydrogen-bond donors (Lipinski definition) is 1. The van der Waals surface area contributed by atoms with E-state index in [1.165, 1.54) is 4.90 Å². The maximum atomic E-state index is 12.0. The summed E-state index contributed by atoms with van der Waals surface area (Å²) >= 11 is 0. The predicted molar refractivity (Wildman–Crippen MR) is 57.5 cm³/mol. The lowest BCUT2D eigenvalue weighted by Gasteiger charge is -2.21. The molecule has 1 saturated heterocycles. The smallest absolute Gasteiger partial charge is 0.308 e. The molecule has 2 unspecified atom stereocenters. The van der Waals surface area contributed by atoms with Crippen LogP contribution in [0.1, 0.15) is 29.6 Å².